The molecular weight excluding hydrogens is 471 g/mol. The Hall–Kier alpha value is -1.71. The molecule has 0 radical (unpaired) electrons. The van der Waals surface area contributed by atoms with Gasteiger partial charge in [-0.2, -0.15) is 0 Å². The molecule has 2 N–H and O–H groups in total. The summed E-state index contributed by atoms with van der Waals surface area (Å²) in [5.74, 6) is 2.06. The van der Waals surface area contributed by atoms with Crippen molar-refractivity contribution in [3.8, 4) is 11.5 Å². The van der Waals surface area contributed by atoms with Crippen molar-refractivity contribution in [2.24, 2.45) is 4.99 Å². The van der Waals surface area contributed by atoms with E-state index in [1.54, 1.807) is 14.2 Å². The Bertz CT molecular complexity index is 645. The highest BCUT2D eigenvalue weighted by molar-refractivity contribution is 14.0. The first-order valence-electron chi connectivity index (χ1n) is 9.21. The van der Waals surface area contributed by atoms with Crippen LogP contribution in [0, 0.1) is 0 Å². The quantitative estimate of drug-likeness (QED) is 0.322. The number of benzene rings is 1. The van der Waals surface area contributed by atoms with Crippen molar-refractivity contribution >= 4 is 35.8 Å². The number of carbonyl (C=O) groups excluding carboxylic acids is 1. The fourth-order valence-corrected chi connectivity index (χ4v) is 2.51. The Kier molecular flexibility index (Phi) is 11.9. The van der Waals surface area contributed by atoms with E-state index >= 15 is 0 Å². The van der Waals surface area contributed by atoms with Crippen LogP contribution in [0.15, 0.2) is 23.2 Å². The molecule has 0 fully saturated rings. The van der Waals surface area contributed by atoms with Gasteiger partial charge in [-0.05, 0) is 51.8 Å². The maximum Gasteiger partial charge on any atom is 0.242 e. The summed E-state index contributed by atoms with van der Waals surface area (Å²) in [4.78, 5) is 18.5. The van der Waals surface area contributed by atoms with E-state index in [1.165, 1.54) is 0 Å². The molecule has 8 heteroatoms. The second-order valence-corrected chi connectivity index (χ2v) is 7.33. The number of halogens is 1. The highest BCUT2D eigenvalue weighted by atomic mass is 127. The fraction of sp³-hybridized carbons (Fsp3) is 0.600. The van der Waals surface area contributed by atoms with Gasteiger partial charge in [0.2, 0.25) is 5.91 Å². The van der Waals surface area contributed by atoms with Crippen LogP contribution in [0.25, 0.3) is 0 Å². The van der Waals surface area contributed by atoms with Gasteiger partial charge in [-0.1, -0.05) is 6.07 Å². The van der Waals surface area contributed by atoms with E-state index in [1.807, 2.05) is 57.8 Å². The minimum atomic E-state index is -0.260. The molecule has 1 aromatic rings. The third-order valence-electron chi connectivity index (χ3n) is 3.77. The van der Waals surface area contributed by atoms with Crippen LogP contribution in [0.5, 0.6) is 11.5 Å². The summed E-state index contributed by atoms with van der Waals surface area (Å²) in [7, 11) is 5.22. The second-order valence-electron chi connectivity index (χ2n) is 7.33. The monoisotopic (exact) mass is 506 g/mol. The molecule has 28 heavy (non-hydrogen) atoms. The summed E-state index contributed by atoms with van der Waals surface area (Å²) < 4.78 is 10.6. The van der Waals surface area contributed by atoms with Crippen molar-refractivity contribution in [2.75, 3.05) is 40.9 Å². The van der Waals surface area contributed by atoms with E-state index in [-0.39, 0.29) is 42.0 Å². The Morgan fingerprint density at radius 1 is 1.18 bits per heavy atom. The molecule has 0 saturated heterocycles. The molecule has 1 rings (SSSR count). The molecule has 0 aromatic heterocycles. The first kappa shape index (κ1) is 26.3. The topological polar surface area (TPSA) is 75.2 Å². The molecule has 7 nitrogen and oxygen atoms in total. The van der Waals surface area contributed by atoms with Crippen molar-refractivity contribution in [3.63, 3.8) is 0 Å². The summed E-state index contributed by atoms with van der Waals surface area (Å²) in [6.45, 7) is 9.45. The molecule has 0 heterocycles. The van der Waals surface area contributed by atoms with Gasteiger partial charge in [-0.25, -0.2) is 4.99 Å². The maximum absolute atomic E-state index is 12.0. The summed E-state index contributed by atoms with van der Waals surface area (Å²) >= 11 is 0. The third-order valence-corrected chi connectivity index (χ3v) is 3.77. The summed E-state index contributed by atoms with van der Waals surface area (Å²) in [6, 6.07) is 5.91. The lowest BCUT2D eigenvalue weighted by atomic mass is 10.1. The van der Waals surface area contributed by atoms with E-state index in [0.29, 0.717) is 5.96 Å². The van der Waals surface area contributed by atoms with Gasteiger partial charge in [0.25, 0.3) is 0 Å². The molecular formula is C20H35IN4O3. The first-order valence-corrected chi connectivity index (χ1v) is 9.21. The van der Waals surface area contributed by atoms with E-state index in [0.717, 1.165) is 36.6 Å². The van der Waals surface area contributed by atoms with Gasteiger partial charge >= 0.3 is 0 Å². The number of rotatable bonds is 8. The molecule has 1 amide bonds. The lowest BCUT2D eigenvalue weighted by Crippen LogP contribution is -2.43. The predicted molar refractivity (Wildman–Crippen MR) is 125 cm³/mol. The molecule has 0 bridgehead atoms. The van der Waals surface area contributed by atoms with Gasteiger partial charge < -0.3 is 25.0 Å². The van der Waals surface area contributed by atoms with Crippen LogP contribution in [-0.2, 0) is 11.2 Å². The van der Waals surface area contributed by atoms with Gasteiger partial charge in [0.1, 0.15) is 6.54 Å². The lowest BCUT2D eigenvalue weighted by molar-refractivity contribution is -0.121. The van der Waals surface area contributed by atoms with Gasteiger partial charge in [0, 0.05) is 25.7 Å². The highest BCUT2D eigenvalue weighted by Crippen LogP contribution is 2.27. The number of guanidine groups is 1. The minimum absolute atomic E-state index is 0. The number of nitrogens with one attached hydrogen (secondary N) is 2. The normalized spacial score (nSPS) is 11.3. The number of methoxy groups -OCH3 is 2. The SMILES string of the molecule is CCNC(=NCC(=O)NC(C)(C)C)N(C)CCc1ccc(OC)c(OC)c1.I. The Balaban J connectivity index is 0.00000729. The van der Waals surface area contributed by atoms with Gasteiger partial charge in [-0.3, -0.25) is 4.79 Å². The fourth-order valence-electron chi connectivity index (χ4n) is 2.51. The van der Waals surface area contributed by atoms with E-state index in [2.05, 4.69) is 15.6 Å². The summed E-state index contributed by atoms with van der Waals surface area (Å²) in [5, 5.41) is 6.15. The number of nitrogens with zero attached hydrogens (tertiary/aromatic N) is 2. The number of amides is 1. The standard InChI is InChI=1S/C20H34N4O3.HI/c1-8-21-19(22-14-18(25)23-20(2,3)4)24(5)12-11-15-9-10-16(26-6)17(13-15)27-7;/h9-10,13H,8,11-12,14H2,1-7H3,(H,21,22)(H,23,25);1H. The zero-order chi connectivity index (χ0) is 20.4. The second kappa shape index (κ2) is 12.7. The van der Waals surface area contributed by atoms with E-state index < -0.39 is 0 Å². The van der Waals surface area contributed by atoms with Crippen LogP contribution in [-0.4, -0.2) is 63.2 Å². The Labute approximate surface area is 186 Å². The molecule has 1 aromatic carbocycles. The summed E-state index contributed by atoms with van der Waals surface area (Å²) in [6.07, 6.45) is 0.815. The number of aliphatic imine (C=N–C) groups is 1. The number of hydrogen-bond acceptors (Lipinski definition) is 4. The van der Waals surface area contributed by atoms with Crippen molar-refractivity contribution < 1.29 is 14.3 Å². The first-order chi connectivity index (χ1) is 12.7. The molecule has 0 aliphatic rings. The molecule has 0 saturated carbocycles. The third kappa shape index (κ3) is 9.48. The van der Waals surface area contributed by atoms with Gasteiger partial charge in [-0.15, -0.1) is 24.0 Å². The van der Waals surface area contributed by atoms with E-state index in [4.69, 9.17) is 9.47 Å². The van der Waals surface area contributed by atoms with Crippen LogP contribution < -0.4 is 20.1 Å². The largest absolute Gasteiger partial charge is 0.493 e. The zero-order valence-electron chi connectivity index (χ0n) is 18.1. The van der Waals surface area contributed by atoms with Gasteiger partial charge in [0.15, 0.2) is 17.5 Å². The van der Waals surface area contributed by atoms with Crippen LogP contribution in [0.1, 0.15) is 33.3 Å². The Morgan fingerprint density at radius 2 is 1.82 bits per heavy atom. The van der Waals surface area contributed by atoms with Crippen molar-refractivity contribution in [3.05, 3.63) is 23.8 Å². The average Bonchev–Trinajstić information content (AvgIpc) is 2.61. The number of likely N-dealkylation sites (N-methyl/N-ethyl adjacent to an activating group) is 1. The van der Waals surface area contributed by atoms with Crippen LogP contribution in [0.4, 0.5) is 0 Å². The summed E-state index contributed by atoms with van der Waals surface area (Å²) in [5.41, 5.74) is 0.880. The maximum atomic E-state index is 12.0. The number of ether oxygens (including phenoxy) is 2. The molecule has 0 aliphatic carbocycles. The van der Waals surface area contributed by atoms with Crippen LogP contribution in [0.3, 0.4) is 0 Å². The number of hydrogen-bond donors (Lipinski definition) is 2. The van der Waals surface area contributed by atoms with E-state index in [9.17, 15) is 4.79 Å². The molecule has 0 unspecified atom stereocenters. The molecule has 0 aliphatic heterocycles. The zero-order valence-corrected chi connectivity index (χ0v) is 20.4. The highest BCUT2D eigenvalue weighted by Gasteiger charge is 2.14. The van der Waals surface area contributed by atoms with Gasteiger partial charge in [0.05, 0.1) is 14.2 Å². The van der Waals surface area contributed by atoms with Crippen LogP contribution >= 0.6 is 24.0 Å². The van der Waals surface area contributed by atoms with Crippen LogP contribution in [0.2, 0.25) is 0 Å². The Morgan fingerprint density at radius 3 is 2.36 bits per heavy atom. The van der Waals surface area contributed by atoms with Crippen molar-refractivity contribution in [1.82, 2.24) is 15.5 Å². The minimum Gasteiger partial charge on any atom is -0.493 e. The molecule has 0 spiro atoms. The van der Waals surface area contributed by atoms with Crippen molar-refractivity contribution in [2.45, 2.75) is 39.7 Å². The average molecular weight is 506 g/mol. The number of carbonyl (C=O) groups is 1. The van der Waals surface area contributed by atoms with Crippen molar-refractivity contribution in [1.29, 1.82) is 0 Å². The molecule has 0 atom stereocenters. The predicted octanol–water partition coefficient (Wildman–Crippen LogP) is 2.68. The molecule has 160 valence electrons. The lowest BCUT2D eigenvalue weighted by Gasteiger charge is -2.23. The smallest absolute Gasteiger partial charge is 0.242 e.